The van der Waals surface area contributed by atoms with E-state index in [1.165, 1.54) is 0 Å². The first kappa shape index (κ1) is 15.1. The molecule has 3 rings (SSSR count). The summed E-state index contributed by atoms with van der Waals surface area (Å²) in [5.41, 5.74) is 12.9. The summed E-state index contributed by atoms with van der Waals surface area (Å²) in [6.45, 7) is 1.91. The molecule has 2 aliphatic heterocycles. The highest BCUT2D eigenvalue weighted by Gasteiger charge is 2.32. The molecule has 22 heavy (non-hydrogen) atoms. The fraction of sp³-hybridized carbons (Fsp3) is 0.533. The summed E-state index contributed by atoms with van der Waals surface area (Å²) in [6, 6.07) is 8.29. The van der Waals surface area contributed by atoms with Crippen LogP contribution in [-0.2, 0) is 6.54 Å². The zero-order valence-corrected chi connectivity index (χ0v) is 12.3. The average molecular weight is 303 g/mol. The van der Waals surface area contributed by atoms with E-state index in [0.717, 1.165) is 43.0 Å². The fourth-order valence-corrected chi connectivity index (χ4v) is 2.85. The van der Waals surface area contributed by atoms with E-state index in [2.05, 4.69) is 22.2 Å². The molecule has 5 N–H and O–H groups in total. The van der Waals surface area contributed by atoms with E-state index in [-0.39, 0.29) is 18.1 Å². The molecule has 0 amide bonds. The first-order valence-electron chi connectivity index (χ1n) is 7.54. The molecule has 7 heteroatoms. The maximum Gasteiger partial charge on any atom is 0.231 e. The molecule has 0 saturated carbocycles. The van der Waals surface area contributed by atoms with Crippen molar-refractivity contribution in [3.8, 4) is 17.6 Å². The quantitative estimate of drug-likeness (QED) is 0.556. The second-order valence-corrected chi connectivity index (χ2v) is 5.55. The number of para-hydroxylation sites is 1. The van der Waals surface area contributed by atoms with Gasteiger partial charge in [-0.25, -0.2) is 5.43 Å². The minimum Gasteiger partial charge on any atom is -0.454 e. The third-order valence-electron chi connectivity index (χ3n) is 4.07. The zero-order valence-electron chi connectivity index (χ0n) is 12.3. The van der Waals surface area contributed by atoms with Crippen LogP contribution in [0.5, 0.6) is 11.5 Å². The zero-order chi connectivity index (χ0) is 15.4. The first-order chi connectivity index (χ1) is 10.8. The van der Waals surface area contributed by atoms with Crippen molar-refractivity contribution in [1.82, 2.24) is 16.2 Å². The van der Waals surface area contributed by atoms with E-state index in [1.807, 2.05) is 18.2 Å². The van der Waals surface area contributed by atoms with Crippen molar-refractivity contribution in [3.63, 3.8) is 0 Å². The van der Waals surface area contributed by atoms with Gasteiger partial charge in [-0.05, 0) is 25.5 Å². The Kier molecular flexibility index (Phi) is 4.75. The molecule has 7 nitrogen and oxygen atoms in total. The Morgan fingerprint density at radius 3 is 3.14 bits per heavy atom. The number of hydrogen-bond donors (Lipinski definition) is 4. The van der Waals surface area contributed by atoms with Crippen molar-refractivity contribution in [2.75, 3.05) is 13.3 Å². The second-order valence-electron chi connectivity index (χ2n) is 5.55. The number of fused-ring (bicyclic) bond motifs is 1. The largest absolute Gasteiger partial charge is 0.454 e. The van der Waals surface area contributed by atoms with Crippen LogP contribution in [0.4, 0.5) is 0 Å². The molecule has 1 fully saturated rings. The van der Waals surface area contributed by atoms with Crippen LogP contribution < -0.4 is 31.4 Å². The molecular formula is C15H21N5O2. The van der Waals surface area contributed by atoms with Crippen molar-refractivity contribution < 1.29 is 9.47 Å². The van der Waals surface area contributed by atoms with Crippen LogP contribution in [0.15, 0.2) is 18.2 Å². The maximum absolute atomic E-state index is 9.10. The Balaban J connectivity index is 1.40. The lowest BCUT2D eigenvalue weighted by molar-refractivity contribution is 0.173. The van der Waals surface area contributed by atoms with E-state index in [0.29, 0.717) is 6.79 Å². The first-order valence-corrected chi connectivity index (χ1v) is 7.54. The lowest BCUT2D eigenvalue weighted by Gasteiger charge is -2.14. The van der Waals surface area contributed by atoms with Crippen LogP contribution in [0.2, 0.25) is 0 Å². The number of benzene rings is 1. The van der Waals surface area contributed by atoms with Gasteiger partial charge in [0.15, 0.2) is 11.5 Å². The van der Waals surface area contributed by atoms with Gasteiger partial charge < -0.3 is 20.5 Å². The summed E-state index contributed by atoms with van der Waals surface area (Å²) in [6.07, 6.45) is 1.58. The molecule has 1 aromatic rings. The highest BCUT2D eigenvalue weighted by Crippen LogP contribution is 2.35. The highest BCUT2D eigenvalue weighted by molar-refractivity contribution is 5.48. The monoisotopic (exact) mass is 303 g/mol. The molecular weight excluding hydrogens is 282 g/mol. The smallest absolute Gasteiger partial charge is 0.231 e. The minimum absolute atomic E-state index is 0.111. The summed E-state index contributed by atoms with van der Waals surface area (Å²) >= 11 is 0. The number of rotatable bonds is 6. The summed E-state index contributed by atoms with van der Waals surface area (Å²) < 4.78 is 10.8. The van der Waals surface area contributed by atoms with Crippen molar-refractivity contribution in [2.24, 2.45) is 11.7 Å². The van der Waals surface area contributed by atoms with Gasteiger partial charge in [0.1, 0.15) is 0 Å². The molecule has 2 aliphatic rings. The van der Waals surface area contributed by atoms with Crippen LogP contribution in [0.25, 0.3) is 0 Å². The third-order valence-corrected chi connectivity index (χ3v) is 4.07. The normalized spacial score (nSPS) is 26.1. The standard InChI is InChI=1S/C15H21N5O2/c16-7-11-12(19-20-15(11)17)4-2-6-18-8-10-3-1-5-13-14(10)22-9-21-13/h1,3,5,11-12,15,18-20H,2,4,6,8-9,17H2. The third kappa shape index (κ3) is 3.15. The number of ether oxygens (including phenoxy) is 2. The van der Waals surface area contributed by atoms with E-state index in [9.17, 15) is 0 Å². The van der Waals surface area contributed by atoms with Gasteiger partial charge in [-0.15, -0.1) is 0 Å². The summed E-state index contributed by atoms with van der Waals surface area (Å²) in [4.78, 5) is 0. The predicted octanol–water partition coefficient (Wildman–Crippen LogP) is 0.186. The van der Waals surface area contributed by atoms with Gasteiger partial charge in [0.05, 0.1) is 18.2 Å². The Bertz CT molecular complexity index is 559. The molecule has 0 spiro atoms. The molecule has 0 aliphatic carbocycles. The van der Waals surface area contributed by atoms with Gasteiger partial charge in [-0.2, -0.15) is 5.26 Å². The Morgan fingerprint density at radius 2 is 2.27 bits per heavy atom. The van der Waals surface area contributed by atoms with Crippen molar-refractivity contribution in [1.29, 1.82) is 5.26 Å². The molecule has 2 heterocycles. The topological polar surface area (TPSA) is 104 Å². The minimum atomic E-state index is -0.285. The van der Waals surface area contributed by atoms with Gasteiger partial charge in [0, 0.05) is 18.2 Å². The Hall–Kier alpha value is -1.85. The Labute approximate surface area is 129 Å². The van der Waals surface area contributed by atoms with Gasteiger partial charge in [-0.3, -0.25) is 5.43 Å². The fourth-order valence-electron chi connectivity index (χ4n) is 2.85. The lowest BCUT2D eigenvalue weighted by Crippen LogP contribution is -2.38. The molecule has 0 aromatic heterocycles. The number of nitrogens with zero attached hydrogens (tertiary/aromatic N) is 1. The summed E-state index contributed by atoms with van der Waals surface area (Å²) in [7, 11) is 0. The van der Waals surface area contributed by atoms with Gasteiger partial charge >= 0.3 is 0 Å². The van der Waals surface area contributed by atoms with E-state index in [1.54, 1.807) is 0 Å². The molecule has 0 bridgehead atoms. The van der Waals surface area contributed by atoms with Crippen LogP contribution in [0.3, 0.4) is 0 Å². The number of nitrogens with two attached hydrogens (primary N) is 1. The van der Waals surface area contributed by atoms with Crippen LogP contribution in [0.1, 0.15) is 18.4 Å². The van der Waals surface area contributed by atoms with E-state index < -0.39 is 0 Å². The predicted molar refractivity (Wildman–Crippen MR) is 80.6 cm³/mol. The van der Waals surface area contributed by atoms with Gasteiger partial charge in [-0.1, -0.05) is 12.1 Å². The number of nitrogens with one attached hydrogen (secondary N) is 3. The Morgan fingerprint density at radius 1 is 1.36 bits per heavy atom. The van der Waals surface area contributed by atoms with Crippen LogP contribution in [-0.4, -0.2) is 25.5 Å². The molecule has 3 atom stereocenters. The lowest BCUT2D eigenvalue weighted by atomic mass is 9.97. The van der Waals surface area contributed by atoms with E-state index >= 15 is 0 Å². The van der Waals surface area contributed by atoms with E-state index in [4.69, 9.17) is 20.5 Å². The maximum atomic E-state index is 9.10. The van der Waals surface area contributed by atoms with Crippen molar-refractivity contribution in [2.45, 2.75) is 31.6 Å². The van der Waals surface area contributed by atoms with Gasteiger partial charge in [0.2, 0.25) is 6.79 Å². The van der Waals surface area contributed by atoms with Crippen molar-refractivity contribution in [3.05, 3.63) is 23.8 Å². The second kappa shape index (κ2) is 6.94. The van der Waals surface area contributed by atoms with Gasteiger partial charge in [0.25, 0.3) is 0 Å². The van der Waals surface area contributed by atoms with Crippen LogP contribution >= 0.6 is 0 Å². The van der Waals surface area contributed by atoms with Crippen LogP contribution in [0, 0.1) is 17.2 Å². The summed E-state index contributed by atoms with van der Waals surface area (Å²) in [5, 5.41) is 12.5. The SMILES string of the molecule is N#CC1C(N)NNC1CCCNCc1cccc2c1OCO2. The molecule has 1 saturated heterocycles. The average Bonchev–Trinajstić information content (AvgIpc) is 3.13. The number of hydrogen-bond acceptors (Lipinski definition) is 7. The molecule has 118 valence electrons. The number of nitriles is 1. The number of hydrazine groups is 1. The highest BCUT2D eigenvalue weighted by atomic mass is 16.7. The van der Waals surface area contributed by atoms with Crippen molar-refractivity contribution >= 4 is 0 Å². The molecule has 0 radical (unpaired) electrons. The molecule has 3 unspecified atom stereocenters. The molecule has 1 aromatic carbocycles. The summed E-state index contributed by atoms with van der Waals surface area (Å²) in [5.74, 6) is 1.47.